The van der Waals surface area contributed by atoms with Crippen LogP contribution in [0, 0.1) is 0 Å². The Hall–Kier alpha value is -0.980. The topological polar surface area (TPSA) is 3.24 Å². The van der Waals surface area contributed by atoms with E-state index < -0.39 is 0 Å². The lowest BCUT2D eigenvalue weighted by atomic mass is 10.1. The second-order valence-electron chi connectivity index (χ2n) is 5.15. The van der Waals surface area contributed by atoms with E-state index in [1.54, 1.807) is 5.56 Å². The van der Waals surface area contributed by atoms with E-state index in [-0.39, 0.29) is 0 Å². The lowest BCUT2D eigenvalue weighted by Gasteiger charge is -2.26. The predicted molar refractivity (Wildman–Crippen MR) is 75.7 cm³/mol. The van der Waals surface area contributed by atoms with Crippen LogP contribution in [0.2, 0.25) is 0 Å². The minimum absolute atomic E-state index is 0.744. The Morgan fingerprint density at radius 3 is 2.71 bits per heavy atom. The molecule has 17 heavy (non-hydrogen) atoms. The van der Waals surface area contributed by atoms with Crippen molar-refractivity contribution in [3.8, 4) is 0 Å². The van der Waals surface area contributed by atoms with Crippen molar-refractivity contribution in [1.29, 1.82) is 0 Å². The van der Waals surface area contributed by atoms with Crippen molar-refractivity contribution in [2.24, 2.45) is 0 Å². The Morgan fingerprint density at radius 2 is 1.94 bits per heavy atom. The quantitative estimate of drug-likeness (QED) is 0.656. The molecule has 0 N–H and O–H groups in total. The van der Waals surface area contributed by atoms with E-state index in [4.69, 9.17) is 0 Å². The van der Waals surface area contributed by atoms with Gasteiger partial charge in [-0.1, -0.05) is 51.3 Å². The first-order valence-corrected chi connectivity index (χ1v) is 7.21. The molecule has 1 aliphatic heterocycles. The molecule has 1 nitrogen and oxygen atoms in total. The molecule has 1 heteroatoms. The molecule has 1 atom stereocenters. The maximum atomic E-state index is 2.64. The lowest BCUT2D eigenvalue weighted by Crippen LogP contribution is -2.32. The van der Waals surface area contributed by atoms with Crippen molar-refractivity contribution in [2.45, 2.75) is 58.4 Å². The molecule has 94 valence electrons. The number of rotatable bonds is 6. The molecule has 0 radical (unpaired) electrons. The third-order valence-corrected chi connectivity index (χ3v) is 3.92. The molecule has 1 unspecified atom stereocenters. The molecular formula is C16H25N. The summed E-state index contributed by atoms with van der Waals surface area (Å²) in [6.07, 6.45) is 7.95. The zero-order valence-electron chi connectivity index (χ0n) is 11.3. The van der Waals surface area contributed by atoms with E-state index in [1.807, 2.05) is 0 Å². The van der Waals surface area contributed by atoms with Crippen molar-refractivity contribution in [2.75, 3.05) is 11.4 Å². The van der Waals surface area contributed by atoms with Crippen LogP contribution in [-0.2, 0) is 6.42 Å². The number of benzene rings is 1. The number of para-hydroxylation sites is 1. The fourth-order valence-corrected chi connectivity index (χ4v) is 2.90. The first-order valence-electron chi connectivity index (χ1n) is 7.21. The van der Waals surface area contributed by atoms with Gasteiger partial charge in [0, 0.05) is 18.3 Å². The van der Waals surface area contributed by atoms with Gasteiger partial charge in [0.2, 0.25) is 0 Å². The second-order valence-corrected chi connectivity index (χ2v) is 5.15. The van der Waals surface area contributed by atoms with Crippen LogP contribution >= 0.6 is 0 Å². The Kier molecular flexibility index (Phi) is 4.47. The molecule has 1 aromatic rings. The molecule has 1 heterocycles. The summed E-state index contributed by atoms with van der Waals surface area (Å²) in [5, 5.41) is 0. The summed E-state index contributed by atoms with van der Waals surface area (Å²) in [4.78, 5) is 2.64. The Balaban J connectivity index is 1.98. The molecule has 0 spiro atoms. The monoisotopic (exact) mass is 231 g/mol. The number of hydrogen-bond donors (Lipinski definition) is 0. The molecule has 0 saturated carbocycles. The number of fused-ring (bicyclic) bond motifs is 1. The van der Waals surface area contributed by atoms with Gasteiger partial charge in [-0.3, -0.25) is 0 Å². The predicted octanol–water partition coefficient (Wildman–Crippen LogP) is 4.41. The molecule has 0 amide bonds. The molecule has 1 aliphatic rings. The van der Waals surface area contributed by atoms with E-state index in [9.17, 15) is 0 Å². The first kappa shape index (κ1) is 12.5. The van der Waals surface area contributed by atoms with Gasteiger partial charge in [-0.2, -0.15) is 0 Å². The van der Waals surface area contributed by atoms with E-state index in [0.717, 1.165) is 6.04 Å². The first-order chi connectivity index (χ1) is 8.36. The second kappa shape index (κ2) is 6.09. The molecule has 0 fully saturated rings. The van der Waals surface area contributed by atoms with Crippen LogP contribution in [0.15, 0.2) is 24.3 Å². The van der Waals surface area contributed by atoms with Crippen LogP contribution in [0.5, 0.6) is 0 Å². The average molecular weight is 231 g/mol. The normalized spacial score (nSPS) is 18.5. The minimum atomic E-state index is 0.744. The highest BCUT2D eigenvalue weighted by molar-refractivity contribution is 5.59. The molecule has 2 rings (SSSR count). The highest BCUT2D eigenvalue weighted by atomic mass is 15.2. The lowest BCUT2D eigenvalue weighted by molar-refractivity contribution is 0.570. The van der Waals surface area contributed by atoms with Gasteiger partial charge in [-0.25, -0.2) is 0 Å². The average Bonchev–Trinajstić information content (AvgIpc) is 2.73. The fraction of sp³-hybridized carbons (Fsp3) is 0.625. The Labute approximate surface area is 106 Å². The number of nitrogens with zero attached hydrogens (tertiary/aromatic N) is 1. The summed E-state index contributed by atoms with van der Waals surface area (Å²) >= 11 is 0. The van der Waals surface area contributed by atoms with Crippen LogP contribution in [0.25, 0.3) is 0 Å². The van der Waals surface area contributed by atoms with Gasteiger partial charge >= 0.3 is 0 Å². The van der Waals surface area contributed by atoms with Gasteiger partial charge in [0.15, 0.2) is 0 Å². The highest BCUT2D eigenvalue weighted by Crippen LogP contribution is 2.33. The maximum absolute atomic E-state index is 2.64. The van der Waals surface area contributed by atoms with Crippen molar-refractivity contribution >= 4 is 5.69 Å². The molecule has 0 aliphatic carbocycles. The van der Waals surface area contributed by atoms with Crippen molar-refractivity contribution in [1.82, 2.24) is 0 Å². The zero-order valence-corrected chi connectivity index (χ0v) is 11.3. The largest absolute Gasteiger partial charge is 0.368 e. The van der Waals surface area contributed by atoms with Crippen LogP contribution in [0.4, 0.5) is 5.69 Å². The van der Waals surface area contributed by atoms with E-state index in [2.05, 4.69) is 43.0 Å². The SMILES string of the molecule is CCCCCCN1c2ccccc2CC1CC. The van der Waals surface area contributed by atoms with Gasteiger partial charge in [0.05, 0.1) is 0 Å². The van der Waals surface area contributed by atoms with Crippen molar-refractivity contribution < 1.29 is 0 Å². The molecule has 0 aromatic heterocycles. The molecule has 0 saturated heterocycles. The Bertz CT molecular complexity index is 345. The Morgan fingerprint density at radius 1 is 1.12 bits per heavy atom. The fourth-order valence-electron chi connectivity index (χ4n) is 2.90. The summed E-state index contributed by atoms with van der Waals surface area (Å²) < 4.78 is 0. The molecule has 0 bridgehead atoms. The highest BCUT2D eigenvalue weighted by Gasteiger charge is 2.26. The smallest absolute Gasteiger partial charge is 0.0402 e. The summed E-state index contributed by atoms with van der Waals surface area (Å²) in [6, 6.07) is 9.69. The number of unbranched alkanes of at least 4 members (excludes halogenated alkanes) is 3. The summed E-state index contributed by atoms with van der Waals surface area (Å²) in [5.74, 6) is 0. The number of anilines is 1. The molecular weight excluding hydrogens is 206 g/mol. The summed E-state index contributed by atoms with van der Waals surface area (Å²) in [6.45, 7) is 5.84. The van der Waals surface area contributed by atoms with Gasteiger partial charge in [-0.05, 0) is 30.9 Å². The van der Waals surface area contributed by atoms with Gasteiger partial charge in [0.25, 0.3) is 0 Å². The third-order valence-electron chi connectivity index (χ3n) is 3.92. The van der Waals surface area contributed by atoms with Crippen LogP contribution < -0.4 is 4.90 Å². The van der Waals surface area contributed by atoms with Gasteiger partial charge in [-0.15, -0.1) is 0 Å². The van der Waals surface area contributed by atoms with Crippen LogP contribution in [-0.4, -0.2) is 12.6 Å². The van der Waals surface area contributed by atoms with E-state index in [0.29, 0.717) is 0 Å². The van der Waals surface area contributed by atoms with Gasteiger partial charge < -0.3 is 4.90 Å². The van der Waals surface area contributed by atoms with E-state index >= 15 is 0 Å². The van der Waals surface area contributed by atoms with Crippen molar-refractivity contribution in [3.63, 3.8) is 0 Å². The van der Waals surface area contributed by atoms with Crippen LogP contribution in [0.3, 0.4) is 0 Å². The van der Waals surface area contributed by atoms with E-state index in [1.165, 1.54) is 50.8 Å². The zero-order chi connectivity index (χ0) is 12.1. The van der Waals surface area contributed by atoms with Gasteiger partial charge in [0.1, 0.15) is 0 Å². The summed E-state index contributed by atoms with van der Waals surface area (Å²) in [7, 11) is 0. The van der Waals surface area contributed by atoms with Crippen molar-refractivity contribution in [3.05, 3.63) is 29.8 Å². The third kappa shape index (κ3) is 2.83. The standard InChI is InChI=1S/C16H25N/c1-3-5-6-9-12-17-15(4-2)13-14-10-7-8-11-16(14)17/h7-8,10-11,15H,3-6,9,12-13H2,1-2H3. The number of hydrogen-bond acceptors (Lipinski definition) is 1. The van der Waals surface area contributed by atoms with Crippen LogP contribution in [0.1, 0.15) is 51.5 Å². The summed E-state index contributed by atoms with van der Waals surface area (Å²) in [5.41, 5.74) is 3.05. The minimum Gasteiger partial charge on any atom is -0.368 e. The maximum Gasteiger partial charge on any atom is 0.0402 e. The molecule has 1 aromatic carbocycles.